The molecule has 1 aromatic heterocycles. The third-order valence-corrected chi connectivity index (χ3v) is 2.34. The smallest absolute Gasteiger partial charge is 0.248 e. The van der Waals surface area contributed by atoms with Crippen molar-refractivity contribution in [3.8, 4) is 0 Å². The third-order valence-electron chi connectivity index (χ3n) is 2.34. The van der Waals surface area contributed by atoms with Crippen molar-refractivity contribution in [1.82, 2.24) is 10.1 Å². The first kappa shape index (κ1) is 11.8. The molecule has 5 nitrogen and oxygen atoms in total. The maximum Gasteiger partial charge on any atom is 0.248 e. The average molecular weight is 233 g/mol. The maximum absolute atomic E-state index is 6.02. The highest BCUT2D eigenvalue weighted by atomic mass is 16.5. The predicted octanol–water partition coefficient (Wildman–Crippen LogP) is 1.65. The van der Waals surface area contributed by atoms with Crippen LogP contribution in [0, 0.1) is 0 Å². The first-order valence-corrected chi connectivity index (χ1v) is 5.52. The molecule has 0 saturated carbocycles. The van der Waals surface area contributed by atoms with Crippen LogP contribution in [0.4, 0.5) is 0 Å². The zero-order valence-corrected chi connectivity index (χ0v) is 9.67. The Morgan fingerprint density at radius 2 is 2.12 bits per heavy atom. The molecule has 0 fully saturated rings. The van der Waals surface area contributed by atoms with Gasteiger partial charge in [-0.2, -0.15) is 4.98 Å². The highest BCUT2D eigenvalue weighted by Gasteiger charge is 2.16. The summed E-state index contributed by atoms with van der Waals surface area (Å²) in [5.41, 5.74) is 6.96. The van der Waals surface area contributed by atoms with Crippen LogP contribution in [-0.4, -0.2) is 16.7 Å². The molecular formula is C12H15N3O2. The average Bonchev–Trinajstić information content (AvgIpc) is 2.85. The van der Waals surface area contributed by atoms with E-state index in [1.807, 2.05) is 37.3 Å². The van der Waals surface area contributed by atoms with Gasteiger partial charge in [0, 0.05) is 6.61 Å². The molecule has 0 bridgehead atoms. The number of hydrogen-bond acceptors (Lipinski definition) is 5. The molecule has 2 N–H and O–H groups in total. The Kier molecular flexibility index (Phi) is 3.85. The lowest BCUT2D eigenvalue weighted by atomic mass is 10.1. The van der Waals surface area contributed by atoms with Crippen molar-refractivity contribution in [2.45, 2.75) is 19.6 Å². The minimum atomic E-state index is -0.390. The molecule has 1 aromatic carbocycles. The monoisotopic (exact) mass is 233 g/mol. The number of nitrogens with zero attached hydrogens (tertiary/aromatic N) is 2. The van der Waals surface area contributed by atoms with E-state index in [2.05, 4.69) is 10.1 Å². The van der Waals surface area contributed by atoms with Gasteiger partial charge in [0.2, 0.25) is 5.89 Å². The summed E-state index contributed by atoms with van der Waals surface area (Å²) in [6.45, 7) is 2.88. The second-order valence-corrected chi connectivity index (χ2v) is 3.57. The molecule has 0 saturated heterocycles. The van der Waals surface area contributed by atoms with Gasteiger partial charge in [0.1, 0.15) is 12.6 Å². The number of aromatic nitrogens is 2. The molecule has 0 aliphatic heterocycles. The Labute approximate surface area is 99.6 Å². The van der Waals surface area contributed by atoms with Gasteiger partial charge in [-0.15, -0.1) is 0 Å². The van der Waals surface area contributed by atoms with E-state index in [-0.39, 0.29) is 6.04 Å². The quantitative estimate of drug-likeness (QED) is 0.850. The van der Waals surface area contributed by atoms with Crippen LogP contribution in [0.2, 0.25) is 0 Å². The van der Waals surface area contributed by atoms with Crippen LogP contribution in [0.3, 0.4) is 0 Å². The molecule has 90 valence electrons. The van der Waals surface area contributed by atoms with Crippen LogP contribution in [0.1, 0.15) is 30.2 Å². The standard InChI is InChI=1S/C12H15N3O2/c1-2-16-8-10-14-12(17-15-10)11(13)9-6-4-3-5-7-9/h3-7,11H,2,8,13H2,1H3/t11-/m1/s1. The van der Waals surface area contributed by atoms with E-state index in [1.54, 1.807) is 0 Å². The van der Waals surface area contributed by atoms with E-state index >= 15 is 0 Å². The Bertz CT molecular complexity index is 456. The maximum atomic E-state index is 6.02. The largest absolute Gasteiger partial charge is 0.374 e. The lowest BCUT2D eigenvalue weighted by molar-refractivity contribution is 0.126. The fourth-order valence-electron chi connectivity index (χ4n) is 1.45. The molecule has 0 unspecified atom stereocenters. The SMILES string of the molecule is CCOCc1noc([C@H](N)c2ccccc2)n1. The molecular weight excluding hydrogens is 218 g/mol. The van der Waals surface area contributed by atoms with Gasteiger partial charge in [0.15, 0.2) is 5.82 Å². The molecule has 0 aliphatic carbocycles. The van der Waals surface area contributed by atoms with Crippen molar-refractivity contribution in [2.24, 2.45) is 5.73 Å². The van der Waals surface area contributed by atoms with Crippen LogP contribution >= 0.6 is 0 Å². The highest BCUT2D eigenvalue weighted by molar-refractivity contribution is 5.22. The minimum absolute atomic E-state index is 0.349. The molecule has 0 spiro atoms. The number of hydrogen-bond donors (Lipinski definition) is 1. The van der Waals surface area contributed by atoms with E-state index in [4.69, 9.17) is 15.0 Å². The van der Waals surface area contributed by atoms with E-state index in [1.165, 1.54) is 0 Å². The Hall–Kier alpha value is -1.72. The fourth-order valence-corrected chi connectivity index (χ4v) is 1.45. The molecule has 2 rings (SSSR count). The zero-order valence-electron chi connectivity index (χ0n) is 9.67. The molecule has 1 heterocycles. The van der Waals surface area contributed by atoms with Gasteiger partial charge in [0.05, 0.1) is 0 Å². The first-order valence-electron chi connectivity index (χ1n) is 5.52. The van der Waals surface area contributed by atoms with E-state index in [0.717, 1.165) is 5.56 Å². The summed E-state index contributed by atoms with van der Waals surface area (Å²) in [7, 11) is 0. The van der Waals surface area contributed by atoms with Crippen molar-refractivity contribution in [3.63, 3.8) is 0 Å². The van der Waals surface area contributed by atoms with E-state index < -0.39 is 0 Å². The summed E-state index contributed by atoms with van der Waals surface area (Å²) in [6, 6.07) is 9.25. The van der Waals surface area contributed by atoms with Gasteiger partial charge in [-0.05, 0) is 12.5 Å². The predicted molar refractivity (Wildman–Crippen MR) is 62.1 cm³/mol. The van der Waals surface area contributed by atoms with Crippen molar-refractivity contribution >= 4 is 0 Å². The van der Waals surface area contributed by atoms with Gasteiger partial charge >= 0.3 is 0 Å². The summed E-state index contributed by atoms with van der Waals surface area (Å²) in [5, 5.41) is 3.81. The molecule has 1 atom stereocenters. The Balaban J connectivity index is 2.09. The number of rotatable bonds is 5. The Morgan fingerprint density at radius 3 is 2.82 bits per heavy atom. The van der Waals surface area contributed by atoms with Crippen molar-refractivity contribution in [2.75, 3.05) is 6.61 Å². The first-order chi connectivity index (χ1) is 8.31. The second-order valence-electron chi connectivity index (χ2n) is 3.57. The van der Waals surface area contributed by atoms with Gasteiger partial charge in [-0.25, -0.2) is 0 Å². The number of ether oxygens (including phenoxy) is 1. The van der Waals surface area contributed by atoms with Crippen LogP contribution in [0.5, 0.6) is 0 Å². The van der Waals surface area contributed by atoms with Gasteiger partial charge in [-0.3, -0.25) is 0 Å². The second kappa shape index (κ2) is 5.56. The van der Waals surface area contributed by atoms with E-state index in [9.17, 15) is 0 Å². The number of benzene rings is 1. The number of nitrogens with two attached hydrogens (primary N) is 1. The molecule has 0 amide bonds. The van der Waals surface area contributed by atoms with Gasteiger partial charge in [0.25, 0.3) is 0 Å². The third kappa shape index (κ3) is 2.89. The lowest BCUT2D eigenvalue weighted by Gasteiger charge is -2.05. The van der Waals surface area contributed by atoms with Crippen LogP contribution in [-0.2, 0) is 11.3 Å². The summed E-state index contributed by atoms with van der Waals surface area (Å²) < 4.78 is 10.3. The lowest BCUT2D eigenvalue weighted by Crippen LogP contribution is -2.12. The molecule has 5 heteroatoms. The van der Waals surface area contributed by atoms with E-state index in [0.29, 0.717) is 24.9 Å². The van der Waals surface area contributed by atoms with Crippen LogP contribution in [0.15, 0.2) is 34.9 Å². The zero-order chi connectivity index (χ0) is 12.1. The summed E-state index contributed by atoms with van der Waals surface area (Å²) >= 11 is 0. The van der Waals surface area contributed by atoms with Gasteiger partial charge < -0.3 is 15.0 Å². The topological polar surface area (TPSA) is 74.2 Å². The highest BCUT2D eigenvalue weighted by Crippen LogP contribution is 2.17. The van der Waals surface area contributed by atoms with Gasteiger partial charge in [-0.1, -0.05) is 35.5 Å². The molecule has 17 heavy (non-hydrogen) atoms. The molecule has 0 radical (unpaired) electrons. The summed E-state index contributed by atoms with van der Waals surface area (Å²) in [6.07, 6.45) is 0. The fraction of sp³-hybridized carbons (Fsp3) is 0.333. The van der Waals surface area contributed by atoms with Crippen molar-refractivity contribution in [1.29, 1.82) is 0 Å². The summed E-state index contributed by atoms with van der Waals surface area (Å²) in [4.78, 5) is 4.20. The van der Waals surface area contributed by atoms with Crippen molar-refractivity contribution < 1.29 is 9.26 Å². The minimum Gasteiger partial charge on any atom is -0.374 e. The molecule has 2 aromatic rings. The summed E-state index contributed by atoms with van der Waals surface area (Å²) in [5.74, 6) is 0.930. The van der Waals surface area contributed by atoms with Crippen molar-refractivity contribution in [3.05, 3.63) is 47.6 Å². The van der Waals surface area contributed by atoms with Crippen LogP contribution < -0.4 is 5.73 Å². The van der Waals surface area contributed by atoms with Crippen LogP contribution in [0.25, 0.3) is 0 Å². The molecule has 0 aliphatic rings. The Morgan fingerprint density at radius 1 is 1.35 bits per heavy atom. The normalized spacial score (nSPS) is 12.6.